The van der Waals surface area contributed by atoms with E-state index in [1.165, 1.54) is 0 Å². The average molecular weight is 124 g/mol. The number of hydrogen-bond acceptors (Lipinski definition) is 3. The summed E-state index contributed by atoms with van der Waals surface area (Å²) in [6, 6.07) is 0. The van der Waals surface area contributed by atoms with Crippen molar-refractivity contribution in [2.75, 3.05) is 13.2 Å². The third-order valence-electron chi connectivity index (χ3n) is 0.523. The summed E-state index contributed by atoms with van der Waals surface area (Å²) in [7, 11) is 0. The molecule has 0 aromatic carbocycles. The van der Waals surface area contributed by atoms with Gasteiger partial charge in [-0.2, -0.15) is 0 Å². The molecule has 1 aliphatic rings. The monoisotopic (exact) mass is 124 g/mol. The molecule has 0 aliphatic carbocycles. The van der Waals surface area contributed by atoms with Gasteiger partial charge >= 0.3 is 41.8 Å². The Morgan fingerprint density at radius 2 is 1.83 bits per heavy atom. The molecule has 0 atom stereocenters. The van der Waals surface area contributed by atoms with E-state index in [4.69, 9.17) is 0 Å². The van der Waals surface area contributed by atoms with E-state index in [2.05, 4.69) is 6.64 Å². The van der Waals surface area contributed by atoms with Gasteiger partial charge in [0.25, 0.3) is 0 Å². The molecule has 1 saturated heterocycles. The molecule has 0 bridgehead atoms. The summed E-state index contributed by atoms with van der Waals surface area (Å²) in [5, 5.41) is 0. The predicted octanol–water partition coefficient (Wildman–Crippen LogP) is -0.173. The van der Waals surface area contributed by atoms with Crippen LogP contribution in [0, 0.1) is 0 Å². The van der Waals surface area contributed by atoms with Crippen molar-refractivity contribution in [2.24, 2.45) is 0 Å². The topological polar surface area (TPSA) is 35.5 Å². The Morgan fingerprint density at radius 1 is 1.33 bits per heavy atom. The van der Waals surface area contributed by atoms with Gasteiger partial charge in [-0.25, -0.2) is 0 Å². The van der Waals surface area contributed by atoms with E-state index >= 15 is 0 Å². The molecule has 0 N–H and O–H groups in total. The van der Waals surface area contributed by atoms with Crippen LogP contribution in [0.3, 0.4) is 0 Å². The van der Waals surface area contributed by atoms with Crippen molar-refractivity contribution in [1.29, 1.82) is 0 Å². The van der Waals surface area contributed by atoms with Gasteiger partial charge in [-0.3, -0.25) is 0 Å². The van der Waals surface area contributed by atoms with Gasteiger partial charge in [0.1, 0.15) is 0 Å². The Balaban J connectivity index is 2.37. The summed E-state index contributed by atoms with van der Waals surface area (Å²) in [6.45, 7) is 1.05. The van der Waals surface area contributed by atoms with Gasteiger partial charge < -0.3 is 0 Å². The van der Waals surface area contributed by atoms with E-state index < -0.39 is 18.6 Å². The molecule has 0 aromatic rings. The zero-order valence-electron chi connectivity index (χ0n) is 3.14. The Labute approximate surface area is 42.4 Å². The van der Waals surface area contributed by atoms with Gasteiger partial charge in [-0.05, 0) is 0 Å². The van der Waals surface area contributed by atoms with Crippen LogP contribution in [0.25, 0.3) is 0 Å². The van der Waals surface area contributed by atoms with Crippen LogP contribution < -0.4 is 0 Å². The minimum atomic E-state index is -2.52. The van der Waals surface area contributed by atoms with E-state index in [0.29, 0.717) is 13.2 Å². The van der Waals surface area contributed by atoms with Crippen molar-refractivity contribution in [2.45, 2.75) is 0 Å². The molecule has 1 heterocycles. The van der Waals surface area contributed by atoms with Crippen molar-refractivity contribution < 1.29 is 28.6 Å². The van der Waals surface area contributed by atoms with Gasteiger partial charge in [-0.15, -0.1) is 0 Å². The first kappa shape index (κ1) is 4.59. The average Bonchev–Trinajstić information content (AvgIpc) is 1.86. The summed E-state index contributed by atoms with van der Waals surface area (Å²) in [6.07, 6.45) is 0. The summed E-state index contributed by atoms with van der Waals surface area (Å²) in [5.41, 5.74) is 0. The number of rotatable bonds is 0. The van der Waals surface area contributed by atoms with E-state index in [0.717, 1.165) is 0 Å². The molecule has 0 radical (unpaired) electrons. The van der Waals surface area contributed by atoms with E-state index in [-0.39, 0.29) is 0 Å². The number of hydrogen-bond donors (Lipinski definition) is 0. The normalized spacial score (nSPS) is 22.3. The van der Waals surface area contributed by atoms with Gasteiger partial charge in [0.05, 0.1) is 0 Å². The third kappa shape index (κ3) is 0.946. The Kier molecular flexibility index (Phi) is 1.48. The van der Waals surface area contributed by atoms with Crippen LogP contribution in [0.15, 0.2) is 0 Å². The van der Waals surface area contributed by atoms with Crippen LogP contribution in [-0.2, 0) is 28.6 Å². The molecular weight excluding hydrogens is 120 g/mol. The standard InChI is InChI=1S/C2H4O2.O.Ti/c3-1-2-4;;/h1-2H2;;/q-2;;+2. The first-order valence-electron chi connectivity index (χ1n) is 1.69. The molecule has 0 saturated carbocycles. The molecule has 1 aliphatic heterocycles. The molecule has 34 valence electrons. The van der Waals surface area contributed by atoms with Crippen LogP contribution in [0.5, 0.6) is 0 Å². The van der Waals surface area contributed by atoms with E-state index in [1.807, 2.05) is 0 Å². The van der Waals surface area contributed by atoms with Crippen LogP contribution in [0.1, 0.15) is 0 Å². The van der Waals surface area contributed by atoms with Gasteiger partial charge in [-0.1, -0.05) is 0 Å². The summed E-state index contributed by atoms with van der Waals surface area (Å²) in [4.78, 5) is 0. The van der Waals surface area contributed by atoms with Gasteiger partial charge in [0.2, 0.25) is 0 Å². The van der Waals surface area contributed by atoms with E-state index in [9.17, 15) is 3.32 Å². The van der Waals surface area contributed by atoms with Crippen molar-refractivity contribution in [3.05, 3.63) is 0 Å². The van der Waals surface area contributed by atoms with Crippen molar-refractivity contribution in [1.82, 2.24) is 0 Å². The van der Waals surface area contributed by atoms with Crippen molar-refractivity contribution in [3.63, 3.8) is 0 Å². The Bertz CT molecular complexity index is 63.2. The van der Waals surface area contributed by atoms with E-state index in [1.54, 1.807) is 0 Å². The fourth-order valence-corrected chi connectivity index (χ4v) is 1.20. The molecule has 0 unspecified atom stereocenters. The molecule has 6 heavy (non-hydrogen) atoms. The molecule has 1 fully saturated rings. The second-order valence-electron chi connectivity index (χ2n) is 0.947. The summed E-state index contributed by atoms with van der Waals surface area (Å²) >= 11 is -2.52. The first-order valence-corrected chi connectivity index (χ1v) is 3.60. The van der Waals surface area contributed by atoms with Gasteiger partial charge in [0.15, 0.2) is 0 Å². The van der Waals surface area contributed by atoms with Crippen LogP contribution >= 0.6 is 0 Å². The van der Waals surface area contributed by atoms with Crippen LogP contribution in [0.2, 0.25) is 0 Å². The SMILES string of the molecule is [O]=[Ti]1[O]CC[O]1. The first-order chi connectivity index (χ1) is 2.89. The third-order valence-corrected chi connectivity index (χ3v) is 1.90. The zero-order chi connectivity index (χ0) is 4.41. The van der Waals surface area contributed by atoms with Gasteiger partial charge in [0, 0.05) is 0 Å². The van der Waals surface area contributed by atoms with Crippen molar-refractivity contribution >= 4 is 0 Å². The quantitative estimate of drug-likeness (QED) is 0.420. The molecule has 0 amide bonds. The molecule has 4 heteroatoms. The molecule has 0 spiro atoms. The molecule has 3 nitrogen and oxygen atoms in total. The van der Waals surface area contributed by atoms with Crippen LogP contribution in [-0.4, -0.2) is 13.2 Å². The van der Waals surface area contributed by atoms with Crippen LogP contribution in [0.4, 0.5) is 0 Å². The summed E-state index contributed by atoms with van der Waals surface area (Å²) in [5.74, 6) is 0. The second-order valence-corrected chi connectivity index (χ2v) is 2.63. The minimum absolute atomic E-state index is 0.527. The maximum absolute atomic E-state index is 10.0. The zero-order valence-corrected chi connectivity index (χ0v) is 4.70. The van der Waals surface area contributed by atoms with Crippen molar-refractivity contribution in [3.8, 4) is 0 Å². The molecule has 1 rings (SSSR count). The fourth-order valence-electron chi connectivity index (χ4n) is 0.292. The Morgan fingerprint density at radius 3 is 2.00 bits per heavy atom. The fraction of sp³-hybridized carbons (Fsp3) is 1.00. The predicted molar refractivity (Wildman–Crippen MR) is 12.6 cm³/mol. The maximum atomic E-state index is 10.0. The summed E-state index contributed by atoms with van der Waals surface area (Å²) < 4.78 is 19.1. The molecule has 0 aromatic heterocycles. The Hall–Kier alpha value is 0.434. The second kappa shape index (κ2) is 1.93. The molecular formula is C2H4O3Ti.